The third-order valence-corrected chi connectivity index (χ3v) is 3.45. The number of aliphatic hydroxyl groups is 2. The van der Waals surface area contributed by atoms with Gasteiger partial charge in [-0.05, 0) is 5.53 Å². The molecule has 12 nitrogen and oxygen atoms in total. The molecule has 2 aromatic heterocycles. The fourth-order valence-electron chi connectivity index (χ4n) is 2.40. The lowest BCUT2D eigenvalue weighted by molar-refractivity contribution is -0.0308. The molecule has 116 valence electrons. The maximum atomic E-state index is 10.2. The van der Waals surface area contributed by atoms with Crippen LogP contribution in [0.2, 0.25) is 0 Å². The summed E-state index contributed by atoms with van der Waals surface area (Å²) in [5.74, 6) is 0.136. The minimum atomic E-state index is -1.30. The van der Waals surface area contributed by atoms with Gasteiger partial charge in [0.15, 0.2) is 23.2 Å². The lowest BCUT2D eigenvalue weighted by Crippen LogP contribution is -2.33. The van der Waals surface area contributed by atoms with Crippen molar-refractivity contribution in [2.45, 2.75) is 24.5 Å². The van der Waals surface area contributed by atoms with Crippen molar-refractivity contribution in [3.63, 3.8) is 0 Å². The van der Waals surface area contributed by atoms with E-state index in [1.807, 2.05) is 0 Å². The van der Waals surface area contributed by atoms with Crippen molar-refractivity contribution in [2.75, 3.05) is 18.0 Å². The van der Waals surface area contributed by atoms with E-state index in [2.05, 4.69) is 25.0 Å². The van der Waals surface area contributed by atoms with E-state index in [-0.39, 0.29) is 29.5 Å². The standard InChI is InChI=1S/C10H13N9O3/c11-7-4-8(15-2-14-7)19(10(12)17-4)9-6(21)5(20)3(22-9)1-16-18-13/h2-3,5-6,9,20-21H,1H2,(H2,12,17)(H2,11,14,15)/t3-,5-,6-,9-/m1/s1. The molecule has 6 N–H and O–H groups in total. The van der Waals surface area contributed by atoms with Crippen molar-refractivity contribution in [3.8, 4) is 0 Å². The van der Waals surface area contributed by atoms with Gasteiger partial charge in [0.2, 0.25) is 5.95 Å². The van der Waals surface area contributed by atoms with E-state index >= 15 is 0 Å². The summed E-state index contributed by atoms with van der Waals surface area (Å²) in [6.07, 6.45) is -3.22. The number of nitrogens with two attached hydrogens (primary N) is 2. The molecular formula is C10H13N9O3. The minimum absolute atomic E-state index is 0.00267. The Morgan fingerprint density at radius 2 is 2.14 bits per heavy atom. The molecule has 0 saturated carbocycles. The third kappa shape index (κ3) is 2.07. The van der Waals surface area contributed by atoms with Crippen LogP contribution in [-0.4, -0.2) is 54.6 Å². The van der Waals surface area contributed by atoms with Crippen LogP contribution >= 0.6 is 0 Å². The average Bonchev–Trinajstić information content (AvgIpc) is 2.97. The van der Waals surface area contributed by atoms with Crippen molar-refractivity contribution in [1.82, 2.24) is 19.5 Å². The van der Waals surface area contributed by atoms with Crippen LogP contribution in [0.25, 0.3) is 21.6 Å². The van der Waals surface area contributed by atoms with E-state index in [0.717, 1.165) is 0 Å². The second-order valence-corrected chi connectivity index (χ2v) is 4.73. The van der Waals surface area contributed by atoms with Crippen LogP contribution in [0, 0.1) is 0 Å². The number of nitrogens with zero attached hydrogens (tertiary/aromatic N) is 7. The first kappa shape index (κ1) is 14.3. The SMILES string of the molecule is [N-]=[N+]=NC[C@H]1O[C@@H](n2c(N)nc3c(N)ncnc32)[C@H](O)[C@@H]1O. The fraction of sp³-hybridized carbons (Fsp3) is 0.500. The van der Waals surface area contributed by atoms with E-state index < -0.39 is 24.5 Å². The number of rotatable bonds is 3. The Kier molecular flexibility index (Phi) is 3.42. The lowest BCUT2D eigenvalue weighted by atomic mass is 10.1. The van der Waals surface area contributed by atoms with Gasteiger partial charge in [0, 0.05) is 4.91 Å². The van der Waals surface area contributed by atoms with Gasteiger partial charge in [-0.1, -0.05) is 5.11 Å². The van der Waals surface area contributed by atoms with Crippen molar-refractivity contribution < 1.29 is 14.9 Å². The molecule has 0 aliphatic carbocycles. The molecule has 1 aliphatic rings. The number of nitrogen functional groups attached to an aromatic ring is 2. The average molecular weight is 307 g/mol. The van der Waals surface area contributed by atoms with Gasteiger partial charge in [-0.3, -0.25) is 4.57 Å². The van der Waals surface area contributed by atoms with Crippen LogP contribution in [0.1, 0.15) is 6.23 Å². The van der Waals surface area contributed by atoms with Gasteiger partial charge in [0.1, 0.15) is 18.5 Å². The molecule has 3 rings (SSSR count). The van der Waals surface area contributed by atoms with E-state index in [1.54, 1.807) is 0 Å². The van der Waals surface area contributed by atoms with Crippen LogP contribution < -0.4 is 11.5 Å². The normalized spacial score (nSPS) is 27.9. The third-order valence-electron chi connectivity index (χ3n) is 3.45. The maximum absolute atomic E-state index is 10.2. The monoisotopic (exact) mass is 307 g/mol. The summed E-state index contributed by atoms with van der Waals surface area (Å²) in [5.41, 5.74) is 20.4. The zero-order valence-electron chi connectivity index (χ0n) is 11.2. The number of aliphatic hydroxyl groups excluding tert-OH is 2. The summed E-state index contributed by atoms with van der Waals surface area (Å²) < 4.78 is 6.85. The van der Waals surface area contributed by atoms with Crippen molar-refractivity contribution in [1.29, 1.82) is 0 Å². The summed E-state index contributed by atoms with van der Waals surface area (Å²) in [6, 6.07) is 0. The molecule has 1 fully saturated rings. The van der Waals surface area contributed by atoms with Crippen LogP contribution in [0.4, 0.5) is 11.8 Å². The van der Waals surface area contributed by atoms with E-state index in [0.29, 0.717) is 0 Å². The predicted octanol–water partition coefficient (Wildman–Crippen LogP) is -1.08. The summed E-state index contributed by atoms with van der Waals surface area (Å²) in [7, 11) is 0. The Bertz CT molecular complexity index is 755. The molecule has 0 bridgehead atoms. The molecule has 1 aliphatic heterocycles. The van der Waals surface area contributed by atoms with Gasteiger partial charge >= 0.3 is 0 Å². The Labute approximate surface area is 123 Å². The van der Waals surface area contributed by atoms with Crippen molar-refractivity contribution in [3.05, 3.63) is 16.8 Å². The Morgan fingerprint density at radius 3 is 2.86 bits per heavy atom. The molecule has 12 heteroatoms. The number of imidazole rings is 1. The first-order chi connectivity index (χ1) is 10.5. The van der Waals surface area contributed by atoms with Gasteiger partial charge in [0.25, 0.3) is 0 Å². The van der Waals surface area contributed by atoms with Gasteiger partial charge in [-0.25, -0.2) is 15.0 Å². The second kappa shape index (κ2) is 5.27. The minimum Gasteiger partial charge on any atom is -0.388 e. The second-order valence-electron chi connectivity index (χ2n) is 4.73. The quantitative estimate of drug-likeness (QED) is 0.312. The summed E-state index contributed by atoms with van der Waals surface area (Å²) in [6.45, 7) is -0.130. The zero-order chi connectivity index (χ0) is 15.9. The first-order valence-corrected chi connectivity index (χ1v) is 6.31. The molecule has 0 unspecified atom stereocenters. The number of hydrogen-bond acceptors (Lipinski definition) is 9. The van der Waals surface area contributed by atoms with Crippen LogP contribution in [-0.2, 0) is 4.74 Å². The highest BCUT2D eigenvalue weighted by Gasteiger charge is 2.44. The summed E-state index contributed by atoms with van der Waals surface area (Å²) in [4.78, 5) is 14.5. The first-order valence-electron chi connectivity index (χ1n) is 6.31. The lowest BCUT2D eigenvalue weighted by Gasteiger charge is -2.17. The topological polar surface area (TPSA) is 194 Å². The molecule has 2 aromatic rings. The van der Waals surface area contributed by atoms with Gasteiger partial charge in [0.05, 0.1) is 12.6 Å². The molecule has 22 heavy (non-hydrogen) atoms. The molecule has 1 saturated heterocycles. The van der Waals surface area contributed by atoms with Crippen LogP contribution in [0.15, 0.2) is 11.4 Å². The maximum Gasteiger partial charge on any atom is 0.204 e. The highest BCUT2D eigenvalue weighted by molar-refractivity contribution is 5.83. The predicted molar refractivity (Wildman–Crippen MR) is 74.1 cm³/mol. The van der Waals surface area contributed by atoms with Crippen LogP contribution in [0.5, 0.6) is 0 Å². The highest BCUT2D eigenvalue weighted by atomic mass is 16.6. The molecule has 3 heterocycles. The van der Waals surface area contributed by atoms with Crippen LogP contribution in [0.3, 0.4) is 0 Å². The summed E-state index contributed by atoms with van der Waals surface area (Å²) in [5, 5.41) is 23.5. The fourth-order valence-corrected chi connectivity index (χ4v) is 2.40. The van der Waals surface area contributed by atoms with Crippen molar-refractivity contribution in [2.24, 2.45) is 5.11 Å². The van der Waals surface area contributed by atoms with E-state index in [9.17, 15) is 10.2 Å². The molecule has 4 atom stereocenters. The highest BCUT2D eigenvalue weighted by Crippen LogP contribution is 2.34. The zero-order valence-corrected chi connectivity index (χ0v) is 11.2. The smallest absolute Gasteiger partial charge is 0.204 e. The molecular weight excluding hydrogens is 294 g/mol. The van der Waals surface area contributed by atoms with E-state index in [1.165, 1.54) is 10.9 Å². The number of ether oxygens (including phenoxy) is 1. The molecule has 0 aromatic carbocycles. The number of azide groups is 1. The van der Waals surface area contributed by atoms with Crippen molar-refractivity contribution >= 4 is 22.9 Å². The molecule has 0 amide bonds. The number of anilines is 2. The van der Waals surface area contributed by atoms with Gasteiger partial charge in [-0.15, -0.1) is 0 Å². The van der Waals surface area contributed by atoms with Gasteiger partial charge in [-0.2, -0.15) is 0 Å². The summed E-state index contributed by atoms with van der Waals surface area (Å²) >= 11 is 0. The Morgan fingerprint density at radius 1 is 1.36 bits per heavy atom. The molecule has 0 spiro atoms. The Hall–Kier alpha value is -2.66. The molecule has 0 radical (unpaired) electrons. The number of aromatic nitrogens is 4. The largest absolute Gasteiger partial charge is 0.388 e. The Balaban J connectivity index is 2.03. The van der Waals surface area contributed by atoms with Gasteiger partial charge < -0.3 is 26.4 Å². The number of fused-ring (bicyclic) bond motifs is 1. The number of hydrogen-bond donors (Lipinski definition) is 4. The van der Waals surface area contributed by atoms with E-state index in [4.69, 9.17) is 21.7 Å².